The molecule has 0 saturated carbocycles. The highest BCUT2D eigenvalue weighted by Gasteiger charge is 2.11. The van der Waals surface area contributed by atoms with Gasteiger partial charge in [0, 0.05) is 11.6 Å². The van der Waals surface area contributed by atoms with Crippen LogP contribution in [0.5, 0.6) is 5.75 Å². The summed E-state index contributed by atoms with van der Waals surface area (Å²) in [6.07, 6.45) is 3.49. The van der Waals surface area contributed by atoms with Gasteiger partial charge in [-0.3, -0.25) is 4.90 Å². The minimum absolute atomic E-state index is 0.731. The number of hydrogen-bond donors (Lipinski definition) is 0. The molecule has 116 valence electrons. The van der Waals surface area contributed by atoms with Crippen LogP contribution in [0.4, 0.5) is 0 Å². The largest absolute Gasteiger partial charge is 0.492 e. The van der Waals surface area contributed by atoms with Crippen LogP contribution in [-0.2, 0) is 6.42 Å². The van der Waals surface area contributed by atoms with Gasteiger partial charge in [0.2, 0.25) is 0 Å². The van der Waals surface area contributed by atoms with E-state index in [-0.39, 0.29) is 0 Å². The van der Waals surface area contributed by atoms with Crippen LogP contribution in [-0.4, -0.2) is 31.1 Å². The van der Waals surface area contributed by atoms with E-state index in [4.69, 9.17) is 16.3 Å². The van der Waals surface area contributed by atoms with Crippen molar-refractivity contribution in [1.29, 1.82) is 0 Å². The maximum atomic E-state index is 6.39. The average molecular weight is 316 g/mol. The van der Waals surface area contributed by atoms with E-state index in [0.29, 0.717) is 0 Å². The van der Waals surface area contributed by atoms with Crippen molar-refractivity contribution in [2.45, 2.75) is 19.3 Å². The third kappa shape index (κ3) is 4.25. The van der Waals surface area contributed by atoms with Gasteiger partial charge in [0.05, 0.1) is 0 Å². The van der Waals surface area contributed by atoms with Gasteiger partial charge in [-0.05, 0) is 55.6 Å². The van der Waals surface area contributed by atoms with Crippen LogP contribution < -0.4 is 4.74 Å². The predicted molar refractivity (Wildman–Crippen MR) is 91.9 cm³/mol. The average Bonchev–Trinajstić information content (AvgIpc) is 3.04. The second kappa shape index (κ2) is 7.66. The van der Waals surface area contributed by atoms with Crippen LogP contribution in [0.2, 0.25) is 5.02 Å². The highest BCUT2D eigenvalue weighted by atomic mass is 35.5. The molecule has 0 unspecified atom stereocenters. The van der Waals surface area contributed by atoms with Gasteiger partial charge in [0.1, 0.15) is 12.4 Å². The third-order valence-electron chi connectivity index (χ3n) is 4.14. The Labute approximate surface area is 137 Å². The van der Waals surface area contributed by atoms with Crippen LogP contribution in [0.25, 0.3) is 0 Å². The number of halogens is 1. The number of likely N-dealkylation sites (tertiary alicyclic amines) is 1. The monoisotopic (exact) mass is 315 g/mol. The number of benzene rings is 2. The molecule has 0 N–H and O–H groups in total. The molecule has 3 rings (SSSR count). The minimum atomic E-state index is 0.731. The molecule has 0 amide bonds. The highest BCUT2D eigenvalue weighted by molar-refractivity contribution is 6.31. The molecule has 0 spiro atoms. The molecule has 1 aliphatic heterocycles. The van der Waals surface area contributed by atoms with Gasteiger partial charge in [-0.2, -0.15) is 0 Å². The molecule has 0 bridgehead atoms. The van der Waals surface area contributed by atoms with E-state index in [0.717, 1.165) is 35.9 Å². The first-order valence-electron chi connectivity index (χ1n) is 7.99. The molecule has 2 nitrogen and oxygen atoms in total. The van der Waals surface area contributed by atoms with Crippen molar-refractivity contribution in [3.63, 3.8) is 0 Å². The maximum absolute atomic E-state index is 6.39. The first kappa shape index (κ1) is 15.4. The Balaban J connectivity index is 1.54. The molecule has 2 aromatic rings. The van der Waals surface area contributed by atoms with E-state index >= 15 is 0 Å². The summed E-state index contributed by atoms with van der Waals surface area (Å²) in [6, 6.07) is 16.4. The lowest BCUT2D eigenvalue weighted by molar-refractivity contribution is 0.238. The van der Waals surface area contributed by atoms with E-state index in [9.17, 15) is 0 Å². The molecule has 22 heavy (non-hydrogen) atoms. The fraction of sp³-hybridized carbons (Fsp3) is 0.368. The van der Waals surface area contributed by atoms with E-state index in [2.05, 4.69) is 35.2 Å². The van der Waals surface area contributed by atoms with Crippen molar-refractivity contribution in [2.24, 2.45) is 0 Å². The van der Waals surface area contributed by atoms with Gasteiger partial charge in [-0.1, -0.05) is 48.0 Å². The van der Waals surface area contributed by atoms with E-state index in [1.165, 1.54) is 31.5 Å². The quantitative estimate of drug-likeness (QED) is 0.783. The third-order valence-corrected chi connectivity index (χ3v) is 4.49. The summed E-state index contributed by atoms with van der Waals surface area (Å²) in [7, 11) is 0. The van der Waals surface area contributed by atoms with Gasteiger partial charge < -0.3 is 4.74 Å². The summed E-state index contributed by atoms with van der Waals surface area (Å²) in [5, 5.41) is 0.780. The fourth-order valence-corrected chi connectivity index (χ4v) is 3.11. The molecule has 3 heteroatoms. The van der Waals surface area contributed by atoms with E-state index in [1.807, 2.05) is 18.2 Å². The predicted octanol–water partition coefficient (Wildman–Crippen LogP) is 4.41. The van der Waals surface area contributed by atoms with Crippen molar-refractivity contribution < 1.29 is 4.74 Å². The summed E-state index contributed by atoms with van der Waals surface area (Å²) in [4.78, 5) is 2.45. The number of ether oxygens (including phenoxy) is 1. The zero-order chi connectivity index (χ0) is 15.2. The standard InChI is InChI=1S/C19H22ClNO/c20-19-15-18(22-13-12-21-10-4-5-11-21)9-8-17(19)14-16-6-2-1-3-7-16/h1-3,6-9,15H,4-5,10-14H2. The first-order chi connectivity index (χ1) is 10.8. The highest BCUT2D eigenvalue weighted by Crippen LogP contribution is 2.25. The molecule has 1 heterocycles. The van der Waals surface area contributed by atoms with Gasteiger partial charge in [-0.15, -0.1) is 0 Å². The Morgan fingerprint density at radius 2 is 1.77 bits per heavy atom. The van der Waals surface area contributed by atoms with Gasteiger partial charge >= 0.3 is 0 Å². The molecule has 0 aliphatic carbocycles. The van der Waals surface area contributed by atoms with Crippen LogP contribution in [0.3, 0.4) is 0 Å². The topological polar surface area (TPSA) is 12.5 Å². The molecule has 0 aromatic heterocycles. The summed E-state index contributed by atoms with van der Waals surface area (Å²) in [5.41, 5.74) is 2.41. The Hall–Kier alpha value is -1.51. The number of hydrogen-bond acceptors (Lipinski definition) is 2. The van der Waals surface area contributed by atoms with Crippen LogP contribution in [0.1, 0.15) is 24.0 Å². The molecular weight excluding hydrogens is 294 g/mol. The summed E-state index contributed by atoms with van der Waals surface area (Å²) in [6.45, 7) is 4.15. The van der Waals surface area contributed by atoms with Crippen LogP contribution in [0, 0.1) is 0 Å². The van der Waals surface area contributed by atoms with Gasteiger partial charge in [0.15, 0.2) is 0 Å². The summed E-state index contributed by atoms with van der Waals surface area (Å²) < 4.78 is 5.83. The SMILES string of the molecule is Clc1cc(OCCN2CCCC2)ccc1Cc1ccccc1. The van der Waals surface area contributed by atoms with Crippen LogP contribution in [0.15, 0.2) is 48.5 Å². The lowest BCUT2D eigenvalue weighted by Gasteiger charge is -2.15. The molecule has 0 radical (unpaired) electrons. The molecule has 1 saturated heterocycles. The van der Waals surface area contributed by atoms with E-state index in [1.54, 1.807) is 0 Å². The Morgan fingerprint density at radius 3 is 2.50 bits per heavy atom. The maximum Gasteiger partial charge on any atom is 0.120 e. The van der Waals surface area contributed by atoms with Crippen molar-refractivity contribution in [3.8, 4) is 5.75 Å². The summed E-state index contributed by atoms with van der Waals surface area (Å²) >= 11 is 6.39. The first-order valence-corrected chi connectivity index (χ1v) is 8.36. The van der Waals surface area contributed by atoms with Crippen molar-refractivity contribution in [2.75, 3.05) is 26.2 Å². The smallest absolute Gasteiger partial charge is 0.120 e. The van der Waals surface area contributed by atoms with Gasteiger partial charge in [-0.25, -0.2) is 0 Å². The lowest BCUT2D eigenvalue weighted by Crippen LogP contribution is -2.25. The lowest BCUT2D eigenvalue weighted by atomic mass is 10.1. The van der Waals surface area contributed by atoms with Crippen LogP contribution >= 0.6 is 11.6 Å². The summed E-state index contributed by atoms with van der Waals surface area (Å²) in [5.74, 6) is 0.862. The van der Waals surface area contributed by atoms with E-state index < -0.39 is 0 Å². The Bertz CT molecular complexity index is 594. The second-order valence-electron chi connectivity index (χ2n) is 5.81. The molecule has 2 aromatic carbocycles. The second-order valence-corrected chi connectivity index (χ2v) is 6.22. The van der Waals surface area contributed by atoms with Gasteiger partial charge in [0.25, 0.3) is 0 Å². The number of nitrogens with zero attached hydrogens (tertiary/aromatic N) is 1. The Kier molecular flexibility index (Phi) is 5.36. The normalized spacial score (nSPS) is 15.1. The Morgan fingerprint density at radius 1 is 1.00 bits per heavy atom. The fourth-order valence-electron chi connectivity index (χ4n) is 2.88. The van der Waals surface area contributed by atoms with Crippen molar-refractivity contribution >= 4 is 11.6 Å². The zero-order valence-electron chi connectivity index (χ0n) is 12.8. The van der Waals surface area contributed by atoms with Crippen molar-refractivity contribution in [3.05, 3.63) is 64.7 Å². The molecular formula is C19H22ClNO. The number of rotatable bonds is 6. The zero-order valence-corrected chi connectivity index (χ0v) is 13.6. The minimum Gasteiger partial charge on any atom is -0.492 e. The molecule has 1 aliphatic rings. The molecule has 0 atom stereocenters. The van der Waals surface area contributed by atoms with Crippen molar-refractivity contribution in [1.82, 2.24) is 4.90 Å². The molecule has 1 fully saturated rings.